The Morgan fingerprint density at radius 3 is 2.77 bits per heavy atom. The lowest BCUT2D eigenvalue weighted by molar-refractivity contribution is -0.143. The predicted molar refractivity (Wildman–Crippen MR) is 84.6 cm³/mol. The van der Waals surface area contributed by atoms with E-state index in [1.54, 1.807) is 29.8 Å². The van der Waals surface area contributed by atoms with Crippen molar-refractivity contribution in [3.05, 3.63) is 47.6 Å². The van der Waals surface area contributed by atoms with Crippen LogP contribution in [0.5, 0.6) is 0 Å². The first kappa shape index (κ1) is 14.5. The summed E-state index contributed by atoms with van der Waals surface area (Å²) >= 11 is 5.93. The summed E-state index contributed by atoms with van der Waals surface area (Å²) in [6.07, 6.45) is 1.68. The van der Waals surface area contributed by atoms with Crippen molar-refractivity contribution in [2.75, 3.05) is 6.61 Å². The highest BCUT2D eigenvalue weighted by molar-refractivity contribution is 6.30. The van der Waals surface area contributed by atoms with Crippen molar-refractivity contribution in [2.45, 2.75) is 13.5 Å². The van der Waals surface area contributed by atoms with Crippen LogP contribution < -0.4 is 0 Å². The Bertz CT molecular complexity index is 812. The van der Waals surface area contributed by atoms with Crippen LogP contribution in [0.25, 0.3) is 22.6 Å². The third kappa shape index (κ3) is 2.80. The summed E-state index contributed by atoms with van der Waals surface area (Å²) in [5, 5.41) is 0.648. The fraction of sp³-hybridized carbons (Fsp3) is 0.188. The summed E-state index contributed by atoms with van der Waals surface area (Å²) in [6.45, 7) is 2.19. The molecule has 22 heavy (non-hydrogen) atoms. The number of halogens is 1. The molecule has 3 rings (SSSR count). The first-order valence-electron chi connectivity index (χ1n) is 6.92. The minimum atomic E-state index is -0.317. The third-order valence-corrected chi connectivity index (χ3v) is 3.45. The molecule has 0 amide bonds. The average Bonchev–Trinajstić information content (AvgIpc) is 2.87. The topological polar surface area (TPSA) is 57.0 Å². The van der Waals surface area contributed by atoms with E-state index in [-0.39, 0.29) is 12.5 Å². The van der Waals surface area contributed by atoms with E-state index in [0.717, 1.165) is 11.1 Å². The number of pyridine rings is 1. The van der Waals surface area contributed by atoms with Gasteiger partial charge in [-0.1, -0.05) is 11.6 Å². The van der Waals surface area contributed by atoms with Gasteiger partial charge in [0.05, 0.1) is 6.61 Å². The fourth-order valence-electron chi connectivity index (χ4n) is 2.26. The zero-order valence-corrected chi connectivity index (χ0v) is 12.7. The van der Waals surface area contributed by atoms with Crippen LogP contribution in [-0.4, -0.2) is 27.1 Å². The van der Waals surface area contributed by atoms with E-state index in [4.69, 9.17) is 16.3 Å². The van der Waals surface area contributed by atoms with E-state index < -0.39 is 0 Å². The number of hydrogen-bond acceptors (Lipinski definition) is 4. The molecular formula is C16H14ClN3O2. The molecule has 1 aromatic carbocycles. The minimum absolute atomic E-state index is 0.0688. The first-order valence-corrected chi connectivity index (χ1v) is 7.29. The van der Waals surface area contributed by atoms with Gasteiger partial charge in [-0.15, -0.1) is 0 Å². The molecule has 6 heteroatoms. The number of ether oxygens (including phenoxy) is 1. The molecule has 0 radical (unpaired) electrons. The van der Waals surface area contributed by atoms with Crippen molar-refractivity contribution in [1.82, 2.24) is 14.5 Å². The summed E-state index contributed by atoms with van der Waals surface area (Å²) < 4.78 is 6.80. The van der Waals surface area contributed by atoms with Gasteiger partial charge in [-0.25, -0.2) is 9.97 Å². The van der Waals surface area contributed by atoms with E-state index in [9.17, 15) is 4.79 Å². The van der Waals surface area contributed by atoms with E-state index in [2.05, 4.69) is 9.97 Å². The van der Waals surface area contributed by atoms with Crippen molar-refractivity contribution >= 4 is 28.7 Å². The van der Waals surface area contributed by atoms with Crippen molar-refractivity contribution in [1.29, 1.82) is 0 Å². The van der Waals surface area contributed by atoms with Crippen LogP contribution in [0, 0.1) is 0 Å². The molecule has 3 aromatic rings. The molecule has 0 atom stereocenters. The number of nitrogens with zero attached hydrogens (tertiary/aromatic N) is 3. The van der Waals surface area contributed by atoms with Crippen LogP contribution >= 0.6 is 11.6 Å². The second-order valence-electron chi connectivity index (χ2n) is 4.68. The lowest BCUT2D eigenvalue weighted by atomic mass is 10.2. The number of aromatic nitrogens is 3. The third-order valence-electron chi connectivity index (χ3n) is 3.20. The van der Waals surface area contributed by atoms with Crippen LogP contribution in [0.4, 0.5) is 0 Å². The van der Waals surface area contributed by atoms with E-state index in [0.29, 0.717) is 23.1 Å². The summed E-state index contributed by atoms with van der Waals surface area (Å²) in [5.41, 5.74) is 2.25. The molecule has 0 bridgehead atoms. The normalized spacial score (nSPS) is 10.8. The first-order chi connectivity index (χ1) is 10.7. The molecule has 0 aliphatic carbocycles. The summed E-state index contributed by atoms with van der Waals surface area (Å²) in [5.74, 6) is 0.348. The van der Waals surface area contributed by atoms with Gasteiger partial charge >= 0.3 is 5.97 Å². The van der Waals surface area contributed by atoms with Gasteiger partial charge in [0.2, 0.25) is 0 Å². The van der Waals surface area contributed by atoms with Crippen molar-refractivity contribution < 1.29 is 9.53 Å². The van der Waals surface area contributed by atoms with Gasteiger partial charge in [-0.3, -0.25) is 9.36 Å². The molecule has 0 saturated heterocycles. The second-order valence-corrected chi connectivity index (χ2v) is 5.12. The van der Waals surface area contributed by atoms with Crippen molar-refractivity contribution in [3.63, 3.8) is 0 Å². The lowest BCUT2D eigenvalue weighted by Gasteiger charge is -2.08. The molecule has 0 aliphatic heterocycles. The molecule has 0 N–H and O–H groups in total. The van der Waals surface area contributed by atoms with Crippen molar-refractivity contribution in [2.24, 2.45) is 0 Å². The molecule has 2 heterocycles. The number of fused-ring (bicyclic) bond motifs is 1. The Balaban J connectivity index is 2.11. The number of carbonyl (C=O) groups excluding carboxylic acids is 1. The van der Waals surface area contributed by atoms with Crippen molar-refractivity contribution in [3.8, 4) is 11.4 Å². The maximum absolute atomic E-state index is 11.9. The highest BCUT2D eigenvalue weighted by atomic mass is 35.5. The number of rotatable bonds is 4. The van der Waals surface area contributed by atoms with Gasteiger partial charge in [0, 0.05) is 16.8 Å². The Morgan fingerprint density at radius 1 is 1.27 bits per heavy atom. The van der Waals surface area contributed by atoms with Crippen LogP contribution in [0.2, 0.25) is 5.02 Å². The molecule has 0 saturated carbocycles. The number of hydrogen-bond donors (Lipinski definition) is 0. The molecule has 5 nitrogen and oxygen atoms in total. The smallest absolute Gasteiger partial charge is 0.326 e. The van der Waals surface area contributed by atoms with E-state index in [1.165, 1.54) is 0 Å². The van der Waals surface area contributed by atoms with Crippen LogP contribution in [0.15, 0.2) is 42.6 Å². The molecule has 2 aromatic heterocycles. The highest BCUT2D eigenvalue weighted by Gasteiger charge is 2.16. The van der Waals surface area contributed by atoms with Gasteiger partial charge in [0.15, 0.2) is 5.65 Å². The van der Waals surface area contributed by atoms with Gasteiger partial charge < -0.3 is 4.74 Å². The van der Waals surface area contributed by atoms with Gasteiger partial charge in [-0.05, 0) is 43.3 Å². The zero-order valence-electron chi connectivity index (χ0n) is 12.0. The molecule has 0 spiro atoms. The van der Waals surface area contributed by atoms with E-state index in [1.807, 2.05) is 24.3 Å². The summed E-state index contributed by atoms with van der Waals surface area (Å²) in [7, 11) is 0. The van der Waals surface area contributed by atoms with Gasteiger partial charge in [0.1, 0.15) is 17.9 Å². The number of benzene rings is 1. The summed E-state index contributed by atoms with van der Waals surface area (Å²) in [6, 6.07) is 11.0. The standard InChI is InChI=1S/C16H14ClN3O2/c1-2-22-14(21)10-20-15(11-5-7-12(17)8-6-11)19-13-4-3-9-18-16(13)20/h3-9H,2,10H2,1H3. The van der Waals surface area contributed by atoms with Gasteiger partial charge in [0.25, 0.3) is 0 Å². The zero-order chi connectivity index (χ0) is 15.5. The fourth-order valence-corrected chi connectivity index (χ4v) is 2.39. The van der Waals surface area contributed by atoms with Gasteiger partial charge in [-0.2, -0.15) is 0 Å². The van der Waals surface area contributed by atoms with E-state index >= 15 is 0 Å². The number of esters is 1. The van der Waals surface area contributed by atoms with Crippen LogP contribution in [-0.2, 0) is 16.1 Å². The molecule has 0 fully saturated rings. The molecule has 0 aliphatic rings. The lowest BCUT2D eigenvalue weighted by Crippen LogP contribution is -2.14. The highest BCUT2D eigenvalue weighted by Crippen LogP contribution is 2.25. The number of carbonyl (C=O) groups is 1. The quantitative estimate of drug-likeness (QED) is 0.693. The maximum atomic E-state index is 11.9. The molecule has 112 valence electrons. The Hall–Kier alpha value is -2.40. The monoisotopic (exact) mass is 315 g/mol. The summed E-state index contributed by atoms with van der Waals surface area (Å²) in [4.78, 5) is 20.8. The van der Waals surface area contributed by atoms with Crippen LogP contribution in [0.1, 0.15) is 6.92 Å². The van der Waals surface area contributed by atoms with Crippen LogP contribution in [0.3, 0.4) is 0 Å². The second kappa shape index (κ2) is 6.15. The number of imidazole rings is 1. The minimum Gasteiger partial charge on any atom is -0.465 e. The average molecular weight is 316 g/mol. The Kier molecular flexibility index (Phi) is 4.06. The molecule has 0 unspecified atom stereocenters. The SMILES string of the molecule is CCOC(=O)Cn1c(-c2ccc(Cl)cc2)nc2cccnc21. The Morgan fingerprint density at radius 2 is 2.05 bits per heavy atom. The predicted octanol–water partition coefficient (Wildman–Crippen LogP) is 3.31. The Labute approximate surface area is 132 Å². The molecular weight excluding hydrogens is 302 g/mol. The largest absolute Gasteiger partial charge is 0.465 e. The maximum Gasteiger partial charge on any atom is 0.326 e.